The third-order valence-electron chi connectivity index (χ3n) is 1.55. The summed E-state index contributed by atoms with van der Waals surface area (Å²) in [6.45, 7) is 6.73. The van der Waals surface area contributed by atoms with E-state index in [1.165, 1.54) is 4.88 Å². The maximum atomic E-state index is 3.70. The van der Waals surface area contributed by atoms with Crippen LogP contribution in [0, 0.1) is 5.41 Å². The Bertz CT molecular complexity index is 208. The molecule has 1 atom stereocenters. The number of alkyl halides is 1. The van der Waals surface area contributed by atoms with E-state index in [4.69, 9.17) is 0 Å². The van der Waals surface area contributed by atoms with Gasteiger partial charge >= 0.3 is 0 Å². The van der Waals surface area contributed by atoms with Gasteiger partial charge in [0.15, 0.2) is 0 Å². The number of hydrogen-bond acceptors (Lipinski definition) is 1. The maximum absolute atomic E-state index is 3.70. The van der Waals surface area contributed by atoms with E-state index in [1.807, 2.05) is 11.3 Å². The van der Waals surface area contributed by atoms with Crippen molar-refractivity contribution < 1.29 is 0 Å². The Hall–Kier alpha value is 0.180. The summed E-state index contributed by atoms with van der Waals surface area (Å²) in [6.07, 6.45) is 0. The van der Waals surface area contributed by atoms with Crippen LogP contribution in [0.4, 0.5) is 0 Å². The highest BCUT2D eigenvalue weighted by atomic mass is 79.9. The molecule has 0 nitrogen and oxygen atoms in total. The molecule has 1 heterocycles. The fourth-order valence-corrected chi connectivity index (χ4v) is 2.28. The van der Waals surface area contributed by atoms with Gasteiger partial charge in [0, 0.05) is 4.88 Å². The fraction of sp³-hybridized carbons (Fsp3) is 0.556. The lowest BCUT2D eigenvalue weighted by atomic mass is 9.91. The predicted molar refractivity (Wildman–Crippen MR) is 55.4 cm³/mol. The molecule has 0 spiro atoms. The third-order valence-corrected chi connectivity index (χ3v) is 4.66. The van der Waals surface area contributed by atoms with Gasteiger partial charge in [0.25, 0.3) is 0 Å². The van der Waals surface area contributed by atoms with Gasteiger partial charge in [0.05, 0.1) is 4.83 Å². The monoisotopic (exact) mass is 232 g/mol. The Labute approximate surface area is 80.8 Å². The summed E-state index contributed by atoms with van der Waals surface area (Å²) in [4.78, 5) is 1.90. The molecule has 0 N–H and O–H groups in total. The van der Waals surface area contributed by atoms with E-state index < -0.39 is 0 Å². The standard InChI is InChI=1S/C9H13BrS/c1-9(2,3)8(10)7-5-4-6-11-7/h4-6,8H,1-3H3. The van der Waals surface area contributed by atoms with Crippen molar-refractivity contribution in [1.29, 1.82) is 0 Å². The zero-order chi connectivity index (χ0) is 8.48. The zero-order valence-electron chi connectivity index (χ0n) is 7.10. The highest BCUT2D eigenvalue weighted by molar-refractivity contribution is 9.09. The Morgan fingerprint density at radius 3 is 2.45 bits per heavy atom. The lowest BCUT2D eigenvalue weighted by molar-refractivity contribution is 0.411. The molecule has 0 bridgehead atoms. The molecule has 0 radical (unpaired) electrons. The first-order chi connectivity index (χ1) is 5.02. The van der Waals surface area contributed by atoms with Gasteiger partial charge in [-0.05, 0) is 16.9 Å². The van der Waals surface area contributed by atoms with E-state index in [0.717, 1.165) is 0 Å². The van der Waals surface area contributed by atoms with Crippen LogP contribution in [0.1, 0.15) is 30.5 Å². The average Bonchev–Trinajstić information content (AvgIpc) is 2.34. The van der Waals surface area contributed by atoms with Crippen molar-refractivity contribution in [2.24, 2.45) is 5.41 Å². The highest BCUT2D eigenvalue weighted by Crippen LogP contribution is 2.41. The summed E-state index contributed by atoms with van der Waals surface area (Å²) < 4.78 is 0. The number of halogens is 1. The predicted octanol–water partition coefficient (Wildman–Crippen LogP) is 4.23. The van der Waals surface area contributed by atoms with E-state index in [0.29, 0.717) is 10.2 Å². The minimum absolute atomic E-state index is 0.310. The van der Waals surface area contributed by atoms with Crippen LogP contribution in [0.25, 0.3) is 0 Å². The molecule has 11 heavy (non-hydrogen) atoms. The normalized spacial score (nSPS) is 14.9. The molecule has 1 aromatic heterocycles. The van der Waals surface area contributed by atoms with Crippen molar-refractivity contribution in [2.45, 2.75) is 25.6 Å². The van der Waals surface area contributed by atoms with Crippen LogP contribution in [-0.4, -0.2) is 0 Å². The second-order valence-corrected chi connectivity index (χ2v) is 5.64. The van der Waals surface area contributed by atoms with Crippen LogP contribution in [0.15, 0.2) is 17.5 Å². The molecule has 0 fully saturated rings. The van der Waals surface area contributed by atoms with E-state index in [1.54, 1.807) is 0 Å². The molecule has 1 rings (SSSR count). The molecule has 0 aliphatic carbocycles. The Morgan fingerprint density at radius 1 is 1.45 bits per heavy atom. The topological polar surface area (TPSA) is 0 Å². The van der Waals surface area contributed by atoms with Gasteiger partial charge in [-0.1, -0.05) is 42.8 Å². The molecular formula is C9H13BrS. The van der Waals surface area contributed by atoms with Crippen LogP contribution < -0.4 is 0 Å². The molecule has 0 aromatic carbocycles. The first-order valence-electron chi connectivity index (χ1n) is 3.69. The van der Waals surface area contributed by atoms with Gasteiger partial charge in [-0.15, -0.1) is 11.3 Å². The Morgan fingerprint density at radius 2 is 2.09 bits per heavy atom. The van der Waals surface area contributed by atoms with Crippen molar-refractivity contribution in [3.8, 4) is 0 Å². The van der Waals surface area contributed by atoms with E-state index in [-0.39, 0.29) is 0 Å². The van der Waals surface area contributed by atoms with Gasteiger partial charge < -0.3 is 0 Å². The second-order valence-electron chi connectivity index (χ2n) is 3.74. The van der Waals surface area contributed by atoms with Crippen LogP contribution >= 0.6 is 27.3 Å². The lowest BCUT2D eigenvalue weighted by Crippen LogP contribution is -2.11. The van der Waals surface area contributed by atoms with Crippen LogP contribution in [0.2, 0.25) is 0 Å². The molecule has 0 saturated heterocycles. The molecule has 0 saturated carbocycles. The minimum Gasteiger partial charge on any atom is -0.148 e. The average molecular weight is 233 g/mol. The quantitative estimate of drug-likeness (QED) is 0.637. The maximum Gasteiger partial charge on any atom is 0.0537 e. The summed E-state index contributed by atoms with van der Waals surface area (Å²) >= 11 is 5.51. The van der Waals surface area contributed by atoms with Crippen molar-refractivity contribution in [2.75, 3.05) is 0 Å². The summed E-state index contributed by atoms with van der Waals surface area (Å²) in [7, 11) is 0. The molecule has 0 aliphatic rings. The van der Waals surface area contributed by atoms with Crippen LogP contribution in [0.5, 0.6) is 0 Å². The van der Waals surface area contributed by atoms with Gasteiger partial charge in [-0.3, -0.25) is 0 Å². The molecule has 0 amide bonds. The summed E-state index contributed by atoms with van der Waals surface area (Å²) in [5.74, 6) is 0. The summed E-state index contributed by atoms with van der Waals surface area (Å²) in [6, 6.07) is 4.27. The number of rotatable bonds is 1. The van der Waals surface area contributed by atoms with E-state index >= 15 is 0 Å². The van der Waals surface area contributed by atoms with Gasteiger partial charge in [-0.2, -0.15) is 0 Å². The number of thiophene rings is 1. The van der Waals surface area contributed by atoms with E-state index in [9.17, 15) is 0 Å². The SMILES string of the molecule is CC(C)(C)C(Br)c1cccs1. The van der Waals surface area contributed by atoms with E-state index in [2.05, 4.69) is 54.2 Å². The summed E-state index contributed by atoms with van der Waals surface area (Å²) in [5.41, 5.74) is 0.310. The smallest absolute Gasteiger partial charge is 0.0537 e. The Kier molecular flexibility index (Phi) is 2.76. The van der Waals surface area contributed by atoms with Crippen molar-refractivity contribution in [3.63, 3.8) is 0 Å². The largest absolute Gasteiger partial charge is 0.148 e. The zero-order valence-corrected chi connectivity index (χ0v) is 9.50. The first kappa shape index (κ1) is 9.27. The minimum atomic E-state index is 0.310. The molecule has 0 aliphatic heterocycles. The van der Waals surface area contributed by atoms with Crippen LogP contribution in [-0.2, 0) is 0 Å². The molecule has 1 unspecified atom stereocenters. The second kappa shape index (κ2) is 3.28. The van der Waals surface area contributed by atoms with Gasteiger partial charge in [-0.25, -0.2) is 0 Å². The number of hydrogen-bond donors (Lipinski definition) is 0. The molecule has 2 heteroatoms. The fourth-order valence-electron chi connectivity index (χ4n) is 0.862. The van der Waals surface area contributed by atoms with Gasteiger partial charge in [0.1, 0.15) is 0 Å². The van der Waals surface area contributed by atoms with Crippen molar-refractivity contribution in [1.82, 2.24) is 0 Å². The van der Waals surface area contributed by atoms with Crippen molar-refractivity contribution in [3.05, 3.63) is 22.4 Å². The van der Waals surface area contributed by atoms with Crippen molar-refractivity contribution >= 4 is 27.3 Å². The highest BCUT2D eigenvalue weighted by Gasteiger charge is 2.23. The molecule has 1 aromatic rings. The lowest BCUT2D eigenvalue weighted by Gasteiger charge is -2.24. The Balaban J connectivity index is 2.78. The summed E-state index contributed by atoms with van der Waals surface area (Å²) in [5, 5.41) is 2.12. The molecule has 62 valence electrons. The van der Waals surface area contributed by atoms with Gasteiger partial charge in [0.2, 0.25) is 0 Å². The molecular weight excluding hydrogens is 220 g/mol. The first-order valence-corrected chi connectivity index (χ1v) is 5.49. The van der Waals surface area contributed by atoms with Crippen LogP contribution in [0.3, 0.4) is 0 Å². The third kappa shape index (κ3) is 2.31.